The molecule has 1 aliphatic carbocycles. The van der Waals surface area contributed by atoms with Crippen LogP contribution in [0.25, 0.3) is 0 Å². The lowest BCUT2D eigenvalue weighted by Crippen LogP contribution is -2.30. The second-order valence-electron chi connectivity index (χ2n) is 5.94. The molecule has 3 nitrogen and oxygen atoms in total. The van der Waals surface area contributed by atoms with E-state index in [9.17, 15) is 9.90 Å². The predicted molar refractivity (Wildman–Crippen MR) is 81.4 cm³/mol. The van der Waals surface area contributed by atoms with E-state index < -0.39 is 6.10 Å². The van der Waals surface area contributed by atoms with Crippen LogP contribution in [0, 0.1) is 11.8 Å². The minimum absolute atomic E-state index is 0.105. The van der Waals surface area contributed by atoms with E-state index in [4.69, 9.17) is 0 Å². The van der Waals surface area contributed by atoms with Crippen LogP contribution in [-0.2, 0) is 4.79 Å². The van der Waals surface area contributed by atoms with Crippen LogP contribution in [0.3, 0.4) is 0 Å². The third-order valence-corrected chi connectivity index (χ3v) is 4.45. The van der Waals surface area contributed by atoms with Crippen LogP contribution in [0.1, 0.15) is 45.4 Å². The molecule has 0 unspecified atom stereocenters. The van der Waals surface area contributed by atoms with Crippen LogP contribution >= 0.6 is 0 Å². The quantitative estimate of drug-likeness (QED) is 0.862. The summed E-state index contributed by atoms with van der Waals surface area (Å²) in [5.41, 5.74) is 0.787. The fourth-order valence-electron chi connectivity index (χ4n) is 3.08. The number of carbonyl (C=O) groups is 1. The first kappa shape index (κ1) is 15.0. The van der Waals surface area contributed by atoms with Gasteiger partial charge in [-0.2, -0.15) is 0 Å². The van der Waals surface area contributed by atoms with Gasteiger partial charge in [-0.05, 0) is 24.0 Å². The minimum Gasteiger partial charge on any atom is -0.392 e. The number of rotatable bonds is 5. The number of hydrogen-bond acceptors (Lipinski definition) is 2. The second kappa shape index (κ2) is 7.44. The van der Waals surface area contributed by atoms with Crippen molar-refractivity contribution in [3.8, 4) is 0 Å². The first-order valence-electron chi connectivity index (χ1n) is 7.70. The van der Waals surface area contributed by atoms with Crippen LogP contribution in [0.2, 0.25) is 0 Å². The van der Waals surface area contributed by atoms with E-state index in [2.05, 4.69) is 12.2 Å². The molecule has 3 heteroatoms. The molecule has 0 spiro atoms. The van der Waals surface area contributed by atoms with Gasteiger partial charge in [-0.25, -0.2) is 0 Å². The van der Waals surface area contributed by atoms with Crippen molar-refractivity contribution in [2.24, 2.45) is 11.8 Å². The zero-order valence-electron chi connectivity index (χ0n) is 12.2. The molecule has 0 saturated heterocycles. The Balaban J connectivity index is 1.80. The van der Waals surface area contributed by atoms with Crippen LogP contribution in [0.5, 0.6) is 0 Å². The monoisotopic (exact) mass is 275 g/mol. The van der Waals surface area contributed by atoms with Crippen molar-refractivity contribution < 1.29 is 9.90 Å². The maximum atomic E-state index is 11.9. The van der Waals surface area contributed by atoms with Gasteiger partial charge in [0.1, 0.15) is 0 Å². The lowest BCUT2D eigenvalue weighted by Gasteiger charge is -2.30. The van der Waals surface area contributed by atoms with Gasteiger partial charge in [0.05, 0.1) is 12.5 Å². The van der Waals surface area contributed by atoms with E-state index >= 15 is 0 Å². The third-order valence-electron chi connectivity index (χ3n) is 4.45. The Morgan fingerprint density at radius 1 is 1.25 bits per heavy atom. The Morgan fingerprint density at radius 2 is 1.90 bits per heavy atom. The Hall–Kier alpha value is -1.35. The van der Waals surface area contributed by atoms with E-state index in [1.54, 1.807) is 0 Å². The smallest absolute Gasteiger partial charge is 0.226 e. The molecular weight excluding hydrogens is 250 g/mol. The van der Waals surface area contributed by atoms with Gasteiger partial charge in [0.2, 0.25) is 5.91 Å². The summed E-state index contributed by atoms with van der Waals surface area (Å²) in [7, 11) is 0. The molecule has 20 heavy (non-hydrogen) atoms. The molecule has 1 amide bonds. The van der Waals surface area contributed by atoms with E-state index in [1.165, 1.54) is 32.1 Å². The molecule has 0 heterocycles. The molecule has 0 radical (unpaired) electrons. The molecule has 110 valence electrons. The van der Waals surface area contributed by atoms with Crippen molar-refractivity contribution in [1.29, 1.82) is 0 Å². The number of para-hydroxylation sites is 1. The topological polar surface area (TPSA) is 49.3 Å². The zero-order valence-corrected chi connectivity index (χ0v) is 12.2. The second-order valence-corrected chi connectivity index (χ2v) is 5.94. The summed E-state index contributed by atoms with van der Waals surface area (Å²) >= 11 is 0. The highest BCUT2D eigenvalue weighted by molar-refractivity contribution is 5.90. The summed E-state index contributed by atoms with van der Waals surface area (Å²) in [6.45, 7) is 2.08. The number of carbonyl (C=O) groups excluding carboxylic acids is 1. The number of aliphatic hydroxyl groups is 1. The lowest BCUT2D eigenvalue weighted by molar-refractivity contribution is -0.119. The van der Waals surface area contributed by atoms with Crippen LogP contribution in [0.15, 0.2) is 30.3 Å². The van der Waals surface area contributed by atoms with Gasteiger partial charge >= 0.3 is 0 Å². The Morgan fingerprint density at radius 3 is 2.55 bits per heavy atom. The average Bonchev–Trinajstić information content (AvgIpc) is 2.48. The zero-order chi connectivity index (χ0) is 14.4. The summed E-state index contributed by atoms with van der Waals surface area (Å²) < 4.78 is 0. The molecular formula is C17H25NO2. The number of amides is 1. The summed E-state index contributed by atoms with van der Waals surface area (Å²) in [5.74, 6) is 0.673. The largest absolute Gasteiger partial charge is 0.392 e. The molecule has 0 aromatic heterocycles. The molecule has 1 saturated carbocycles. The number of aliphatic hydroxyl groups excluding tert-OH is 1. The van der Waals surface area contributed by atoms with Crippen LogP contribution < -0.4 is 5.32 Å². The standard InChI is InChI=1S/C17H25NO2/c1-13(14-8-4-2-5-9-14)16(19)12-17(20)18-15-10-6-3-7-11-15/h3,6-7,10-11,13-14,16,19H,2,4-5,8-9,12H2,1H3,(H,18,20)/t13-,16-/m1/s1. The first-order chi connectivity index (χ1) is 9.66. The number of anilines is 1. The van der Waals surface area contributed by atoms with Gasteiger partial charge in [-0.1, -0.05) is 57.2 Å². The molecule has 2 N–H and O–H groups in total. The first-order valence-corrected chi connectivity index (χ1v) is 7.70. The molecule has 1 aromatic rings. The number of nitrogens with one attached hydrogen (secondary N) is 1. The lowest BCUT2D eigenvalue weighted by atomic mass is 9.78. The van der Waals surface area contributed by atoms with Crippen molar-refractivity contribution in [3.63, 3.8) is 0 Å². The molecule has 1 aliphatic rings. The molecule has 2 atom stereocenters. The maximum Gasteiger partial charge on any atom is 0.226 e. The summed E-state index contributed by atoms with van der Waals surface area (Å²) in [6.07, 6.45) is 5.87. The third kappa shape index (κ3) is 4.34. The van der Waals surface area contributed by atoms with E-state index in [0.29, 0.717) is 5.92 Å². The predicted octanol–water partition coefficient (Wildman–Crippen LogP) is 3.59. The summed E-state index contributed by atoms with van der Waals surface area (Å²) in [5, 5.41) is 13.1. The van der Waals surface area contributed by atoms with Gasteiger partial charge < -0.3 is 10.4 Å². The molecule has 0 bridgehead atoms. The van der Waals surface area contributed by atoms with Gasteiger partial charge in [0.25, 0.3) is 0 Å². The molecule has 1 aromatic carbocycles. The van der Waals surface area contributed by atoms with E-state index in [0.717, 1.165) is 5.69 Å². The molecule has 0 aliphatic heterocycles. The highest BCUT2D eigenvalue weighted by Gasteiger charge is 2.27. The van der Waals surface area contributed by atoms with Crippen LogP contribution in [0.4, 0.5) is 5.69 Å². The minimum atomic E-state index is -0.540. The van der Waals surface area contributed by atoms with Gasteiger partial charge in [-0.3, -0.25) is 4.79 Å². The number of hydrogen-bond donors (Lipinski definition) is 2. The van der Waals surface area contributed by atoms with Gasteiger partial charge in [-0.15, -0.1) is 0 Å². The molecule has 1 fully saturated rings. The fourth-order valence-corrected chi connectivity index (χ4v) is 3.08. The average molecular weight is 275 g/mol. The van der Waals surface area contributed by atoms with Gasteiger partial charge in [0.15, 0.2) is 0 Å². The maximum absolute atomic E-state index is 11.9. The van der Waals surface area contributed by atoms with Crippen LogP contribution in [-0.4, -0.2) is 17.1 Å². The fraction of sp³-hybridized carbons (Fsp3) is 0.588. The van der Waals surface area contributed by atoms with E-state index in [-0.39, 0.29) is 18.2 Å². The Labute approximate surface area is 121 Å². The summed E-state index contributed by atoms with van der Waals surface area (Å²) in [4.78, 5) is 11.9. The van der Waals surface area contributed by atoms with E-state index in [1.807, 2.05) is 30.3 Å². The normalized spacial score (nSPS) is 19.3. The van der Waals surface area contributed by atoms with Gasteiger partial charge in [0, 0.05) is 5.69 Å². The van der Waals surface area contributed by atoms with Crippen molar-refractivity contribution in [2.75, 3.05) is 5.32 Å². The van der Waals surface area contributed by atoms with Crippen molar-refractivity contribution >= 4 is 11.6 Å². The summed E-state index contributed by atoms with van der Waals surface area (Å²) in [6, 6.07) is 9.40. The van der Waals surface area contributed by atoms with Crippen molar-refractivity contribution in [2.45, 2.75) is 51.6 Å². The Kier molecular flexibility index (Phi) is 5.60. The van der Waals surface area contributed by atoms with Crippen molar-refractivity contribution in [1.82, 2.24) is 0 Å². The van der Waals surface area contributed by atoms with Crippen molar-refractivity contribution in [3.05, 3.63) is 30.3 Å². The Bertz CT molecular complexity index is 412. The highest BCUT2D eigenvalue weighted by atomic mass is 16.3. The molecule has 2 rings (SSSR count). The highest BCUT2D eigenvalue weighted by Crippen LogP contribution is 2.32. The SMILES string of the molecule is C[C@H](C1CCCCC1)[C@H](O)CC(=O)Nc1ccccc1. The number of benzene rings is 1.